The lowest BCUT2D eigenvalue weighted by Gasteiger charge is -2.56. The summed E-state index contributed by atoms with van der Waals surface area (Å²) < 4.78 is 0. The summed E-state index contributed by atoms with van der Waals surface area (Å²) in [5, 5.41) is 9.55. The van der Waals surface area contributed by atoms with Gasteiger partial charge in [0, 0.05) is 6.42 Å². The Labute approximate surface area is 150 Å². The van der Waals surface area contributed by atoms with Crippen LogP contribution >= 0.6 is 0 Å². The van der Waals surface area contributed by atoms with Crippen LogP contribution in [0.4, 0.5) is 0 Å². The number of carboxylic acid groups (broad SMARTS) is 1. The second-order valence-electron chi connectivity index (χ2n) is 9.49. The molecule has 2 fully saturated rings. The number of allylic oxidation sites excluding steroid dienone is 4. The van der Waals surface area contributed by atoms with Crippen molar-refractivity contribution in [3.8, 4) is 0 Å². The first-order valence-corrected chi connectivity index (χ1v) is 9.93. The van der Waals surface area contributed by atoms with Crippen molar-refractivity contribution in [3.63, 3.8) is 0 Å². The molecule has 0 saturated heterocycles. The zero-order chi connectivity index (χ0) is 18.0. The predicted molar refractivity (Wildman–Crippen MR) is 96.9 cm³/mol. The molecule has 4 rings (SSSR count). The van der Waals surface area contributed by atoms with Crippen molar-refractivity contribution in [2.75, 3.05) is 0 Å². The highest BCUT2D eigenvalue weighted by Gasteiger charge is 2.59. The van der Waals surface area contributed by atoms with Crippen LogP contribution in [0.2, 0.25) is 0 Å². The molecule has 0 radical (unpaired) electrons. The van der Waals surface area contributed by atoms with Gasteiger partial charge in [-0.1, -0.05) is 32.9 Å². The second kappa shape index (κ2) is 5.56. The van der Waals surface area contributed by atoms with Crippen molar-refractivity contribution in [3.05, 3.63) is 23.8 Å². The van der Waals surface area contributed by atoms with Crippen LogP contribution in [0.1, 0.15) is 59.3 Å². The molecule has 4 aliphatic carbocycles. The zero-order valence-corrected chi connectivity index (χ0v) is 15.6. The molecule has 25 heavy (non-hydrogen) atoms. The first-order valence-electron chi connectivity index (χ1n) is 9.93. The van der Waals surface area contributed by atoms with Gasteiger partial charge in [0.2, 0.25) is 0 Å². The lowest BCUT2D eigenvalue weighted by atomic mass is 9.48. The Morgan fingerprint density at radius 2 is 1.96 bits per heavy atom. The number of carboxylic acids is 1. The molecule has 0 aromatic rings. The molecule has 3 nitrogen and oxygen atoms in total. The highest BCUT2D eigenvalue weighted by molar-refractivity contribution is 5.92. The molecule has 0 aromatic carbocycles. The summed E-state index contributed by atoms with van der Waals surface area (Å²) in [6, 6.07) is 0. The fraction of sp³-hybridized carbons (Fsp3) is 0.727. The molecule has 0 aromatic heterocycles. The van der Waals surface area contributed by atoms with E-state index in [0.717, 1.165) is 32.1 Å². The van der Waals surface area contributed by atoms with E-state index in [9.17, 15) is 14.7 Å². The van der Waals surface area contributed by atoms with E-state index in [1.54, 1.807) is 0 Å². The molecule has 0 amide bonds. The molecule has 4 aliphatic rings. The van der Waals surface area contributed by atoms with Crippen molar-refractivity contribution in [1.29, 1.82) is 0 Å². The van der Waals surface area contributed by atoms with E-state index in [2.05, 4.69) is 26.0 Å². The monoisotopic (exact) mass is 342 g/mol. The van der Waals surface area contributed by atoms with Crippen molar-refractivity contribution >= 4 is 11.8 Å². The average molecular weight is 342 g/mol. The molecule has 7 atom stereocenters. The van der Waals surface area contributed by atoms with Crippen molar-refractivity contribution in [2.24, 2.45) is 40.4 Å². The fourth-order valence-corrected chi connectivity index (χ4v) is 7.03. The van der Waals surface area contributed by atoms with Gasteiger partial charge in [-0.2, -0.15) is 0 Å². The molecule has 0 heterocycles. The Morgan fingerprint density at radius 1 is 1.20 bits per heavy atom. The molecule has 0 aliphatic heterocycles. The number of aliphatic carboxylic acids is 1. The molecule has 2 saturated carbocycles. The van der Waals surface area contributed by atoms with E-state index in [0.29, 0.717) is 30.1 Å². The van der Waals surface area contributed by atoms with Gasteiger partial charge in [0.15, 0.2) is 5.78 Å². The summed E-state index contributed by atoms with van der Waals surface area (Å²) in [5.74, 6) is 1.40. The van der Waals surface area contributed by atoms with E-state index in [1.807, 2.05) is 13.0 Å². The standard InChI is InChI=1S/C22H30O3/c1-13(20(24)25)17-6-7-18-16-5-4-14-12-15(23)8-10-21(14,2)19(16)9-11-22(17,18)3/h4-5,12-13,16-19H,6-11H2,1-3H3,(H,24,25)/t13?,16?,17-,18?,19?,21+,22-/m1/s1. The Bertz CT molecular complexity index is 675. The summed E-state index contributed by atoms with van der Waals surface area (Å²) >= 11 is 0. The average Bonchev–Trinajstić information content (AvgIpc) is 2.92. The van der Waals surface area contributed by atoms with E-state index in [4.69, 9.17) is 0 Å². The van der Waals surface area contributed by atoms with E-state index in [1.165, 1.54) is 5.57 Å². The lowest BCUT2D eigenvalue weighted by Crippen LogP contribution is -2.49. The van der Waals surface area contributed by atoms with Crippen LogP contribution in [-0.4, -0.2) is 16.9 Å². The Balaban J connectivity index is 1.68. The van der Waals surface area contributed by atoms with Crippen molar-refractivity contribution < 1.29 is 14.7 Å². The predicted octanol–water partition coefficient (Wildman–Crippen LogP) is 4.63. The molecule has 0 spiro atoms. The number of fused-ring (bicyclic) bond motifs is 5. The minimum atomic E-state index is -0.642. The fourth-order valence-electron chi connectivity index (χ4n) is 7.03. The summed E-state index contributed by atoms with van der Waals surface area (Å²) in [4.78, 5) is 23.5. The summed E-state index contributed by atoms with van der Waals surface area (Å²) in [5.41, 5.74) is 1.51. The van der Waals surface area contributed by atoms with Gasteiger partial charge in [0.25, 0.3) is 0 Å². The minimum Gasteiger partial charge on any atom is -0.481 e. The second-order valence-corrected chi connectivity index (χ2v) is 9.49. The van der Waals surface area contributed by atoms with Gasteiger partial charge in [0.05, 0.1) is 5.92 Å². The quantitative estimate of drug-likeness (QED) is 0.796. The Hall–Kier alpha value is -1.38. The highest BCUT2D eigenvalue weighted by atomic mass is 16.4. The molecular weight excluding hydrogens is 312 g/mol. The van der Waals surface area contributed by atoms with Crippen LogP contribution in [0.25, 0.3) is 0 Å². The van der Waals surface area contributed by atoms with Gasteiger partial charge in [-0.3, -0.25) is 9.59 Å². The van der Waals surface area contributed by atoms with E-state index < -0.39 is 5.97 Å². The first-order chi connectivity index (χ1) is 11.8. The number of ketones is 1. The maximum atomic E-state index is 11.9. The van der Waals surface area contributed by atoms with Crippen LogP contribution in [-0.2, 0) is 9.59 Å². The third kappa shape index (κ3) is 2.30. The zero-order valence-electron chi connectivity index (χ0n) is 15.6. The van der Waals surface area contributed by atoms with Crippen LogP contribution in [0, 0.1) is 40.4 Å². The third-order valence-corrected chi connectivity index (χ3v) is 8.58. The number of hydrogen-bond donors (Lipinski definition) is 1. The van der Waals surface area contributed by atoms with Crippen molar-refractivity contribution in [2.45, 2.75) is 59.3 Å². The largest absolute Gasteiger partial charge is 0.481 e. The Morgan fingerprint density at radius 3 is 2.68 bits per heavy atom. The molecule has 136 valence electrons. The van der Waals surface area contributed by atoms with Gasteiger partial charge >= 0.3 is 5.97 Å². The summed E-state index contributed by atoms with van der Waals surface area (Å²) in [7, 11) is 0. The number of carbonyl (C=O) groups is 2. The number of carbonyl (C=O) groups excluding carboxylic acids is 1. The van der Waals surface area contributed by atoms with Gasteiger partial charge in [-0.15, -0.1) is 0 Å². The van der Waals surface area contributed by atoms with Crippen LogP contribution < -0.4 is 0 Å². The SMILES string of the molecule is CC(C(=O)O)[C@H]1CCC2C3C=CC4=CC(=O)CC[C@]4(C)C3CC[C@@]21C. The first kappa shape index (κ1) is 17.1. The van der Waals surface area contributed by atoms with E-state index >= 15 is 0 Å². The Kier molecular flexibility index (Phi) is 3.79. The van der Waals surface area contributed by atoms with Crippen LogP contribution in [0.5, 0.6) is 0 Å². The van der Waals surface area contributed by atoms with Crippen LogP contribution in [0.3, 0.4) is 0 Å². The van der Waals surface area contributed by atoms with Gasteiger partial charge in [0.1, 0.15) is 0 Å². The molecule has 3 heteroatoms. The number of rotatable bonds is 2. The molecule has 1 N–H and O–H groups in total. The molecule has 0 bridgehead atoms. The van der Waals surface area contributed by atoms with Crippen LogP contribution in [0.15, 0.2) is 23.8 Å². The summed E-state index contributed by atoms with van der Waals surface area (Å²) in [6.07, 6.45) is 12.6. The minimum absolute atomic E-state index is 0.130. The summed E-state index contributed by atoms with van der Waals surface area (Å²) in [6.45, 7) is 6.62. The number of hydrogen-bond acceptors (Lipinski definition) is 2. The molecular formula is C22H30O3. The smallest absolute Gasteiger partial charge is 0.306 e. The van der Waals surface area contributed by atoms with Gasteiger partial charge in [-0.25, -0.2) is 0 Å². The maximum Gasteiger partial charge on any atom is 0.306 e. The van der Waals surface area contributed by atoms with E-state index in [-0.39, 0.29) is 22.5 Å². The topological polar surface area (TPSA) is 54.4 Å². The maximum absolute atomic E-state index is 11.9. The van der Waals surface area contributed by atoms with Gasteiger partial charge in [-0.05, 0) is 78.3 Å². The third-order valence-electron chi connectivity index (χ3n) is 8.58. The van der Waals surface area contributed by atoms with Gasteiger partial charge < -0.3 is 5.11 Å². The lowest BCUT2D eigenvalue weighted by molar-refractivity contribution is -0.145. The highest BCUT2D eigenvalue weighted by Crippen LogP contribution is 2.66. The molecule has 4 unspecified atom stereocenters. The normalized spacial score (nSPS) is 46.7. The van der Waals surface area contributed by atoms with Crippen molar-refractivity contribution in [1.82, 2.24) is 0 Å².